The van der Waals surface area contributed by atoms with Crippen LogP contribution >= 0.6 is 0 Å². The normalized spacial score (nSPS) is 11.7. The van der Waals surface area contributed by atoms with Gasteiger partial charge in [-0.3, -0.25) is 9.97 Å². The number of nitrogens with two attached hydrogens (primary N) is 1. The smallest absolute Gasteiger partial charge is 0.138 e. The van der Waals surface area contributed by atoms with Crippen molar-refractivity contribution in [3.63, 3.8) is 0 Å². The summed E-state index contributed by atoms with van der Waals surface area (Å²) in [6.45, 7) is 0.342. The van der Waals surface area contributed by atoms with Crippen LogP contribution in [-0.2, 0) is 6.42 Å². The predicted octanol–water partition coefficient (Wildman–Crippen LogP) is 4.12. The van der Waals surface area contributed by atoms with Crippen LogP contribution in [0.4, 0.5) is 0 Å². The first-order chi connectivity index (χ1) is 14.2. The molecule has 0 aliphatic heterocycles. The number of pyridine rings is 2. The SMILES string of the molecule is N#Cc1ccccc1C[C@H](N)COc1cncc(-c2ccc3cnccc3c2)c1. The van der Waals surface area contributed by atoms with Gasteiger partial charge in [0.25, 0.3) is 0 Å². The van der Waals surface area contributed by atoms with Crippen molar-refractivity contribution in [1.82, 2.24) is 9.97 Å². The van der Waals surface area contributed by atoms with Crippen LogP contribution < -0.4 is 10.5 Å². The molecule has 5 nitrogen and oxygen atoms in total. The first kappa shape index (κ1) is 18.6. The van der Waals surface area contributed by atoms with Gasteiger partial charge >= 0.3 is 0 Å². The van der Waals surface area contributed by atoms with E-state index in [4.69, 9.17) is 10.5 Å². The van der Waals surface area contributed by atoms with E-state index in [0.29, 0.717) is 24.3 Å². The van der Waals surface area contributed by atoms with Gasteiger partial charge in [-0.15, -0.1) is 0 Å². The van der Waals surface area contributed by atoms with Crippen LogP contribution in [0.15, 0.2) is 79.4 Å². The number of ether oxygens (including phenoxy) is 1. The molecule has 0 amide bonds. The van der Waals surface area contributed by atoms with Crippen molar-refractivity contribution in [3.05, 3.63) is 90.5 Å². The highest BCUT2D eigenvalue weighted by atomic mass is 16.5. The molecule has 29 heavy (non-hydrogen) atoms. The van der Waals surface area contributed by atoms with E-state index in [9.17, 15) is 5.26 Å². The van der Waals surface area contributed by atoms with Gasteiger partial charge in [0.2, 0.25) is 0 Å². The third kappa shape index (κ3) is 4.40. The van der Waals surface area contributed by atoms with Crippen LogP contribution in [0, 0.1) is 11.3 Å². The molecule has 0 fully saturated rings. The molecule has 0 radical (unpaired) electrons. The summed E-state index contributed by atoms with van der Waals surface area (Å²) >= 11 is 0. The molecular formula is C24H20N4O. The summed E-state index contributed by atoms with van der Waals surface area (Å²) < 4.78 is 5.88. The molecule has 0 aliphatic carbocycles. The maximum absolute atomic E-state index is 9.21. The molecule has 5 heteroatoms. The molecule has 0 spiro atoms. The van der Waals surface area contributed by atoms with E-state index in [1.807, 2.05) is 48.8 Å². The maximum Gasteiger partial charge on any atom is 0.138 e. The molecule has 1 atom stereocenters. The molecule has 4 rings (SSSR count). The van der Waals surface area contributed by atoms with Gasteiger partial charge in [-0.05, 0) is 47.2 Å². The molecule has 0 saturated carbocycles. The summed E-state index contributed by atoms with van der Waals surface area (Å²) in [7, 11) is 0. The molecule has 4 aromatic rings. The largest absolute Gasteiger partial charge is 0.490 e. The fourth-order valence-electron chi connectivity index (χ4n) is 3.27. The first-order valence-electron chi connectivity index (χ1n) is 9.38. The summed E-state index contributed by atoms with van der Waals surface area (Å²) in [6.07, 6.45) is 7.72. The minimum Gasteiger partial charge on any atom is -0.490 e. The molecule has 0 bridgehead atoms. The molecule has 0 saturated heterocycles. The van der Waals surface area contributed by atoms with Crippen molar-refractivity contribution in [2.75, 3.05) is 6.61 Å². The first-order valence-corrected chi connectivity index (χ1v) is 9.38. The lowest BCUT2D eigenvalue weighted by Crippen LogP contribution is -2.30. The zero-order valence-corrected chi connectivity index (χ0v) is 15.8. The van der Waals surface area contributed by atoms with Gasteiger partial charge < -0.3 is 10.5 Å². The van der Waals surface area contributed by atoms with Crippen LogP contribution in [0.3, 0.4) is 0 Å². The zero-order valence-electron chi connectivity index (χ0n) is 15.8. The van der Waals surface area contributed by atoms with Gasteiger partial charge in [0, 0.05) is 35.6 Å². The van der Waals surface area contributed by atoms with Gasteiger partial charge in [-0.2, -0.15) is 5.26 Å². The summed E-state index contributed by atoms with van der Waals surface area (Å²) in [5, 5.41) is 11.4. The highest BCUT2D eigenvalue weighted by molar-refractivity contribution is 5.86. The Kier molecular flexibility index (Phi) is 5.46. The lowest BCUT2D eigenvalue weighted by molar-refractivity contribution is 0.286. The van der Waals surface area contributed by atoms with Crippen molar-refractivity contribution in [2.24, 2.45) is 5.73 Å². The average Bonchev–Trinajstić information content (AvgIpc) is 2.78. The monoisotopic (exact) mass is 380 g/mol. The van der Waals surface area contributed by atoms with Gasteiger partial charge in [-0.25, -0.2) is 0 Å². The van der Waals surface area contributed by atoms with E-state index in [-0.39, 0.29) is 6.04 Å². The van der Waals surface area contributed by atoms with Crippen LogP contribution in [0.25, 0.3) is 21.9 Å². The van der Waals surface area contributed by atoms with Crippen molar-refractivity contribution < 1.29 is 4.74 Å². The maximum atomic E-state index is 9.21. The minimum atomic E-state index is -0.221. The summed E-state index contributed by atoms with van der Waals surface area (Å²) in [5.41, 5.74) is 9.85. The fourth-order valence-corrected chi connectivity index (χ4v) is 3.27. The van der Waals surface area contributed by atoms with Crippen LogP contribution in [0.1, 0.15) is 11.1 Å². The molecule has 2 aromatic carbocycles. The molecule has 2 heterocycles. The highest BCUT2D eigenvalue weighted by Crippen LogP contribution is 2.26. The Balaban J connectivity index is 1.45. The Bertz CT molecular complexity index is 1180. The average molecular weight is 380 g/mol. The van der Waals surface area contributed by atoms with E-state index in [0.717, 1.165) is 27.5 Å². The second-order valence-corrected chi connectivity index (χ2v) is 6.89. The van der Waals surface area contributed by atoms with Gasteiger partial charge in [0.15, 0.2) is 0 Å². The second-order valence-electron chi connectivity index (χ2n) is 6.89. The summed E-state index contributed by atoms with van der Waals surface area (Å²) in [6, 6.07) is 19.6. The number of aromatic nitrogens is 2. The summed E-state index contributed by atoms with van der Waals surface area (Å²) in [4.78, 5) is 8.46. The Morgan fingerprint density at radius 3 is 2.72 bits per heavy atom. The van der Waals surface area contributed by atoms with Crippen LogP contribution in [-0.4, -0.2) is 22.6 Å². The summed E-state index contributed by atoms with van der Waals surface area (Å²) in [5.74, 6) is 0.668. The second kappa shape index (κ2) is 8.51. The molecule has 2 N–H and O–H groups in total. The lowest BCUT2D eigenvalue weighted by Gasteiger charge is -2.14. The third-order valence-electron chi connectivity index (χ3n) is 4.77. The van der Waals surface area contributed by atoms with E-state index in [1.165, 1.54) is 0 Å². The van der Waals surface area contributed by atoms with Crippen molar-refractivity contribution >= 4 is 10.8 Å². The number of hydrogen-bond acceptors (Lipinski definition) is 5. The quantitative estimate of drug-likeness (QED) is 0.544. The highest BCUT2D eigenvalue weighted by Gasteiger charge is 2.10. The van der Waals surface area contributed by atoms with Gasteiger partial charge in [0.05, 0.1) is 17.8 Å². The van der Waals surface area contributed by atoms with Crippen molar-refractivity contribution in [2.45, 2.75) is 12.5 Å². The number of benzene rings is 2. The topological polar surface area (TPSA) is 84.8 Å². The Hall–Kier alpha value is -3.75. The van der Waals surface area contributed by atoms with Crippen molar-refractivity contribution in [1.29, 1.82) is 5.26 Å². The molecule has 142 valence electrons. The Morgan fingerprint density at radius 1 is 0.931 bits per heavy atom. The lowest BCUT2D eigenvalue weighted by atomic mass is 10.0. The third-order valence-corrected chi connectivity index (χ3v) is 4.77. The number of nitriles is 1. The number of nitrogens with zero attached hydrogens (tertiary/aromatic N) is 3. The van der Waals surface area contributed by atoms with Gasteiger partial charge in [-0.1, -0.05) is 30.3 Å². The Labute approximate surface area is 169 Å². The predicted molar refractivity (Wildman–Crippen MR) is 113 cm³/mol. The van der Waals surface area contributed by atoms with E-state index < -0.39 is 0 Å². The number of fused-ring (bicyclic) bond motifs is 1. The van der Waals surface area contributed by atoms with E-state index in [2.05, 4.69) is 28.2 Å². The van der Waals surface area contributed by atoms with E-state index in [1.54, 1.807) is 18.5 Å². The van der Waals surface area contributed by atoms with E-state index >= 15 is 0 Å². The number of hydrogen-bond donors (Lipinski definition) is 1. The molecular weight excluding hydrogens is 360 g/mol. The number of rotatable bonds is 6. The Morgan fingerprint density at radius 2 is 1.83 bits per heavy atom. The minimum absolute atomic E-state index is 0.221. The fraction of sp³-hybridized carbons (Fsp3) is 0.125. The molecule has 0 aliphatic rings. The van der Waals surface area contributed by atoms with Crippen LogP contribution in [0.2, 0.25) is 0 Å². The van der Waals surface area contributed by atoms with Gasteiger partial charge in [0.1, 0.15) is 12.4 Å². The molecule has 0 unspecified atom stereocenters. The molecule has 2 aromatic heterocycles. The van der Waals surface area contributed by atoms with Crippen molar-refractivity contribution in [3.8, 4) is 22.9 Å². The van der Waals surface area contributed by atoms with Crippen LogP contribution in [0.5, 0.6) is 5.75 Å². The standard InChI is InChI=1S/C24H20N4O/c25-12-20-4-2-1-3-17(20)10-23(26)16-29-24-11-22(14-28-15-24)18-5-6-21-13-27-8-7-19(21)9-18/h1-9,11,13-15,23H,10,16,26H2/t23-/m0/s1. The zero-order chi connectivity index (χ0) is 20.1.